The summed E-state index contributed by atoms with van der Waals surface area (Å²) in [7, 11) is 0. The van der Waals surface area contributed by atoms with Gasteiger partial charge in [0, 0.05) is 48.4 Å². The van der Waals surface area contributed by atoms with Gasteiger partial charge in [-0.15, -0.1) is 0 Å². The molecular formula is C30H31N3O4. The maximum Gasteiger partial charge on any atom is 0.258 e. The highest BCUT2D eigenvalue weighted by atomic mass is 16.3. The van der Waals surface area contributed by atoms with Crippen LogP contribution in [0.3, 0.4) is 0 Å². The molecule has 1 saturated heterocycles. The minimum absolute atomic E-state index is 0.120. The maximum absolute atomic E-state index is 13.6. The van der Waals surface area contributed by atoms with Gasteiger partial charge in [0.05, 0.1) is 6.04 Å². The third-order valence-corrected chi connectivity index (χ3v) is 7.57. The largest absolute Gasteiger partial charge is 0.396 e. The van der Waals surface area contributed by atoms with Crippen LogP contribution in [0.15, 0.2) is 77.6 Å². The van der Waals surface area contributed by atoms with Gasteiger partial charge in [-0.1, -0.05) is 61.5 Å². The van der Waals surface area contributed by atoms with Gasteiger partial charge in [-0.3, -0.25) is 14.4 Å². The predicted molar refractivity (Wildman–Crippen MR) is 144 cm³/mol. The van der Waals surface area contributed by atoms with Crippen molar-refractivity contribution < 1.29 is 14.7 Å². The smallest absolute Gasteiger partial charge is 0.258 e. The van der Waals surface area contributed by atoms with E-state index in [1.807, 2.05) is 73.7 Å². The normalized spacial score (nSPS) is 22.2. The third kappa shape index (κ3) is 4.29. The number of aromatic nitrogens is 1. The number of aliphatic hydroxyl groups is 1. The molecule has 2 aliphatic heterocycles. The molecule has 0 spiro atoms. The van der Waals surface area contributed by atoms with Crippen LogP contribution in [0.2, 0.25) is 0 Å². The first kappa shape index (κ1) is 24.7. The number of aliphatic hydroxyl groups excluding tert-OH is 1. The average molecular weight is 498 g/mol. The van der Waals surface area contributed by atoms with Crippen LogP contribution >= 0.6 is 0 Å². The van der Waals surface area contributed by atoms with Gasteiger partial charge >= 0.3 is 0 Å². The van der Waals surface area contributed by atoms with Gasteiger partial charge in [-0.2, -0.15) is 0 Å². The van der Waals surface area contributed by atoms with Crippen molar-refractivity contribution in [3.8, 4) is 11.1 Å². The number of carbonyl (C=O) groups excluding carboxylic acids is 2. The van der Waals surface area contributed by atoms with Crippen LogP contribution < -0.4 is 10.9 Å². The van der Waals surface area contributed by atoms with Gasteiger partial charge in [0.15, 0.2) is 0 Å². The summed E-state index contributed by atoms with van der Waals surface area (Å²) in [6, 6.07) is 19.9. The molecule has 4 atom stereocenters. The number of anilines is 1. The van der Waals surface area contributed by atoms with Gasteiger partial charge in [-0.05, 0) is 42.3 Å². The highest BCUT2D eigenvalue weighted by Crippen LogP contribution is 2.49. The Hall–Kier alpha value is -3.97. The molecule has 1 aromatic heterocycles. The van der Waals surface area contributed by atoms with E-state index in [0.29, 0.717) is 23.5 Å². The zero-order valence-corrected chi connectivity index (χ0v) is 21.0. The minimum Gasteiger partial charge on any atom is -0.396 e. The van der Waals surface area contributed by atoms with Crippen LogP contribution in [-0.2, 0) is 16.1 Å². The molecule has 7 heteroatoms. The Bertz CT molecular complexity index is 1390. The number of hydrogen-bond donors (Lipinski definition) is 2. The molecule has 0 radical (unpaired) electrons. The SMILES string of the molecule is C/C=C\c1ccc2n(c1=O)C[C@@H]1[C@@H](CO)[C@H](C(=O)Nc3ccc(-c4ccccc4)cc3)N(C(=O)CC)[C@H]21. The average Bonchev–Trinajstić information content (AvgIpc) is 3.46. The molecule has 2 amide bonds. The summed E-state index contributed by atoms with van der Waals surface area (Å²) in [5.74, 6) is -1.23. The number of hydrogen-bond acceptors (Lipinski definition) is 4. The number of allylic oxidation sites excluding steroid dienone is 1. The first-order chi connectivity index (χ1) is 18.0. The van der Waals surface area contributed by atoms with Crippen molar-refractivity contribution in [3.05, 3.63) is 94.4 Å². The highest BCUT2D eigenvalue weighted by Gasteiger charge is 2.57. The molecule has 2 N–H and O–H groups in total. The molecule has 0 unspecified atom stereocenters. The van der Waals surface area contributed by atoms with E-state index < -0.39 is 18.0 Å². The molecule has 1 fully saturated rings. The van der Waals surface area contributed by atoms with Crippen molar-refractivity contribution in [1.82, 2.24) is 9.47 Å². The molecule has 3 aromatic rings. The minimum atomic E-state index is -0.833. The van der Waals surface area contributed by atoms with E-state index >= 15 is 0 Å². The second-order valence-electron chi connectivity index (χ2n) is 9.62. The van der Waals surface area contributed by atoms with Crippen molar-refractivity contribution in [2.75, 3.05) is 11.9 Å². The predicted octanol–water partition coefficient (Wildman–Crippen LogP) is 4.09. The topological polar surface area (TPSA) is 91.6 Å². The number of benzene rings is 2. The molecule has 0 bridgehead atoms. The quantitative estimate of drug-likeness (QED) is 0.537. The second-order valence-corrected chi connectivity index (χ2v) is 9.62. The first-order valence-corrected chi connectivity index (χ1v) is 12.7. The molecule has 3 heterocycles. The Kier molecular flexibility index (Phi) is 6.80. The van der Waals surface area contributed by atoms with Crippen molar-refractivity contribution in [2.24, 2.45) is 11.8 Å². The fourth-order valence-corrected chi connectivity index (χ4v) is 5.87. The molecule has 0 saturated carbocycles. The number of amides is 2. The highest BCUT2D eigenvalue weighted by molar-refractivity contribution is 5.98. The van der Waals surface area contributed by atoms with E-state index in [4.69, 9.17) is 0 Å². The van der Waals surface area contributed by atoms with E-state index in [0.717, 1.165) is 11.1 Å². The number of rotatable bonds is 6. The fourth-order valence-electron chi connectivity index (χ4n) is 5.87. The lowest BCUT2D eigenvalue weighted by atomic mass is 9.88. The Morgan fingerprint density at radius 1 is 1.03 bits per heavy atom. The molecule has 0 aliphatic carbocycles. The van der Waals surface area contributed by atoms with Gasteiger partial charge in [0.25, 0.3) is 5.56 Å². The van der Waals surface area contributed by atoms with E-state index in [1.165, 1.54) is 0 Å². The maximum atomic E-state index is 13.6. The van der Waals surface area contributed by atoms with Crippen LogP contribution in [0.25, 0.3) is 17.2 Å². The van der Waals surface area contributed by atoms with E-state index in [2.05, 4.69) is 5.32 Å². The molecular weight excluding hydrogens is 466 g/mol. The van der Waals surface area contributed by atoms with Crippen LogP contribution in [0.1, 0.15) is 37.6 Å². The van der Waals surface area contributed by atoms with Gasteiger partial charge in [0.1, 0.15) is 6.04 Å². The summed E-state index contributed by atoms with van der Waals surface area (Å²) in [4.78, 5) is 41.5. The van der Waals surface area contributed by atoms with Crippen LogP contribution in [0.5, 0.6) is 0 Å². The van der Waals surface area contributed by atoms with Crippen molar-refractivity contribution in [1.29, 1.82) is 0 Å². The van der Waals surface area contributed by atoms with E-state index in [9.17, 15) is 19.5 Å². The van der Waals surface area contributed by atoms with Crippen molar-refractivity contribution in [3.63, 3.8) is 0 Å². The summed E-state index contributed by atoms with van der Waals surface area (Å²) >= 11 is 0. The second kappa shape index (κ2) is 10.2. The lowest BCUT2D eigenvalue weighted by Gasteiger charge is -2.30. The van der Waals surface area contributed by atoms with E-state index in [-0.39, 0.29) is 36.3 Å². The number of nitrogens with zero attached hydrogens (tertiary/aromatic N) is 2. The molecule has 190 valence electrons. The summed E-state index contributed by atoms with van der Waals surface area (Å²) in [6.45, 7) is 3.72. The van der Waals surface area contributed by atoms with Gasteiger partial charge in [0.2, 0.25) is 11.8 Å². The Labute approximate surface area is 216 Å². The van der Waals surface area contributed by atoms with E-state index in [1.54, 1.807) is 28.5 Å². The summed E-state index contributed by atoms with van der Waals surface area (Å²) < 4.78 is 1.69. The molecule has 2 aromatic carbocycles. The lowest BCUT2D eigenvalue weighted by molar-refractivity contribution is -0.139. The Balaban J connectivity index is 1.45. The Morgan fingerprint density at radius 3 is 2.38 bits per heavy atom. The number of nitrogens with one attached hydrogen (secondary N) is 1. The fraction of sp³-hybridized carbons (Fsp3) is 0.300. The summed E-state index contributed by atoms with van der Waals surface area (Å²) in [5, 5.41) is 13.4. The third-order valence-electron chi connectivity index (χ3n) is 7.57. The molecule has 2 aliphatic rings. The summed E-state index contributed by atoms with van der Waals surface area (Å²) in [6.07, 6.45) is 3.80. The van der Waals surface area contributed by atoms with Crippen LogP contribution in [0, 0.1) is 11.8 Å². The standard InChI is InChI=1S/C30H31N3O4/c1-3-8-21-13-16-25-27-23(17-32(25)30(21)37)24(18-34)28(33(27)26(35)4-2)29(36)31-22-14-11-20(12-15-22)19-9-6-5-7-10-19/h3,5-16,23-24,27-28,34H,4,17-18H2,1-2H3,(H,31,36)/b8-3-/t23-,24-,27+,28-/m1/s1. The zero-order valence-electron chi connectivity index (χ0n) is 21.0. The van der Waals surface area contributed by atoms with Crippen molar-refractivity contribution >= 4 is 23.6 Å². The Morgan fingerprint density at radius 2 is 1.73 bits per heavy atom. The molecule has 7 nitrogen and oxygen atoms in total. The summed E-state index contributed by atoms with van der Waals surface area (Å²) in [5.41, 5.74) is 3.90. The lowest BCUT2D eigenvalue weighted by Crippen LogP contribution is -2.48. The number of pyridine rings is 1. The zero-order chi connectivity index (χ0) is 26.1. The van der Waals surface area contributed by atoms with Gasteiger partial charge < -0.3 is 19.9 Å². The number of carbonyl (C=O) groups is 2. The van der Waals surface area contributed by atoms with Crippen LogP contribution in [-0.4, -0.2) is 39.0 Å². The number of likely N-dealkylation sites (tertiary alicyclic amines) is 1. The monoisotopic (exact) mass is 497 g/mol. The number of fused-ring (bicyclic) bond motifs is 3. The van der Waals surface area contributed by atoms with Crippen LogP contribution in [0.4, 0.5) is 5.69 Å². The molecule has 37 heavy (non-hydrogen) atoms. The molecule has 5 rings (SSSR count). The first-order valence-electron chi connectivity index (χ1n) is 12.7. The van der Waals surface area contributed by atoms with Gasteiger partial charge in [-0.25, -0.2) is 0 Å². The van der Waals surface area contributed by atoms with Crippen molar-refractivity contribution in [2.45, 2.75) is 38.9 Å².